The zero-order valence-corrected chi connectivity index (χ0v) is 8.01. The molecule has 0 aliphatic heterocycles. The van der Waals surface area contributed by atoms with Crippen LogP contribution in [-0.4, -0.2) is 17.0 Å². The van der Waals surface area contributed by atoms with Crippen molar-refractivity contribution in [1.29, 1.82) is 0 Å². The highest BCUT2D eigenvalue weighted by molar-refractivity contribution is 5.88. The minimum Gasteiger partial charge on any atom is -0.496 e. The number of rotatable bonds is 2. The molecule has 0 amide bonds. The molecule has 1 heterocycles. The first-order valence-electron chi connectivity index (χ1n) is 4.29. The van der Waals surface area contributed by atoms with Gasteiger partial charge in [0.25, 0.3) is 5.69 Å². The summed E-state index contributed by atoms with van der Waals surface area (Å²) in [6, 6.07) is 6.58. The number of nitro benzene ring substituents is 1. The molecular formula is C10H8N2O3. The zero-order valence-electron chi connectivity index (χ0n) is 8.01. The van der Waals surface area contributed by atoms with Crippen molar-refractivity contribution in [1.82, 2.24) is 4.98 Å². The Labute approximate surface area is 85.5 Å². The van der Waals surface area contributed by atoms with E-state index in [0.29, 0.717) is 16.7 Å². The first kappa shape index (κ1) is 9.39. The molecule has 0 aliphatic carbocycles. The summed E-state index contributed by atoms with van der Waals surface area (Å²) >= 11 is 0. The van der Waals surface area contributed by atoms with Crippen molar-refractivity contribution >= 4 is 16.6 Å². The summed E-state index contributed by atoms with van der Waals surface area (Å²) in [6.45, 7) is 0. The van der Waals surface area contributed by atoms with E-state index in [-0.39, 0.29) is 5.69 Å². The SMILES string of the molecule is CO[13c]1[13cH][13c]([N+](=O)[O-])[13c]2nccc[13c]2[13cH]1. The van der Waals surface area contributed by atoms with Gasteiger partial charge in [0.05, 0.1) is 18.1 Å². The number of benzene rings is 1. The summed E-state index contributed by atoms with van der Waals surface area (Å²) in [5, 5.41) is 11.5. The zero-order chi connectivity index (χ0) is 10.8. The van der Waals surface area contributed by atoms with Gasteiger partial charge in [-0.1, -0.05) is 6.07 Å². The van der Waals surface area contributed by atoms with Gasteiger partial charge in [-0.3, -0.25) is 10.1 Å². The fourth-order valence-electron chi connectivity index (χ4n) is 1.40. The monoisotopic (exact) mass is 210 g/mol. The summed E-state index contributed by atoms with van der Waals surface area (Å²) in [5.41, 5.74) is 0.341. The number of hydrogen-bond donors (Lipinski definition) is 0. The molecule has 0 saturated heterocycles. The van der Waals surface area contributed by atoms with Crippen LogP contribution in [0.5, 0.6) is 5.75 Å². The van der Waals surface area contributed by atoms with Crippen molar-refractivity contribution in [2.75, 3.05) is 7.11 Å². The van der Waals surface area contributed by atoms with Gasteiger partial charge in [0.15, 0.2) is 0 Å². The number of methoxy groups -OCH3 is 1. The number of non-ortho nitro benzene ring substituents is 1. The lowest BCUT2D eigenvalue weighted by molar-refractivity contribution is -0.383. The van der Waals surface area contributed by atoms with Crippen molar-refractivity contribution in [3.8, 4) is 5.75 Å². The molecule has 0 atom stereocenters. The maximum Gasteiger partial charge on any atom is 0.299 e. The van der Waals surface area contributed by atoms with E-state index in [1.165, 1.54) is 19.4 Å². The average molecular weight is 210 g/mol. The second kappa shape index (κ2) is 3.53. The van der Waals surface area contributed by atoms with Gasteiger partial charge in [-0.2, -0.15) is 0 Å². The van der Waals surface area contributed by atoms with E-state index >= 15 is 0 Å². The van der Waals surface area contributed by atoms with Crippen molar-refractivity contribution in [3.63, 3.8) is 0 Å². The molecule has 1 aromatic carbocycles. The first-order chi connectivity index (χ1) is 7.22. The molecule has 0 fully saturated rings. The molecule has 5 nitrogen and oxygen atoms in total. The Kier molecular flexibility index (Phi) is 2.21. The van der Waals surface area contributed by atoms with Gasteiger partial charge in [0, 0.05) is 11.6 Å². The van der Waals surface area contributed by atoms with Gasteiger partial charge in [0.1, 0.15) is 11.3 Å². The lowest BCUT2D eigenvalue weighted by Gasteiger charge is -2.02. The Morgan fingerprint density at radius 1 is 1.47 bits per heavy atom. The van der Waals surface area contributed by atoms with Crippen molar-refractivity contribution in [3.05, 3.63) is 40.6 Å². The normalized spacial score (nSPS) is 10.2. The Hall–Kier alpha value is -2.17. The third-order valence-electron chi connectivity index (χ3n) is 2.09. The van der Waals surface area contributed by atoms with E-state index in [9.17, 15) is 10.1 Å². The number of aromatic nitrogens is 1. The van der Waals surface area contributed by atoms with Gasteiger partial charge in [0.2, 0.25) is 0 Å². The molecule has 0 spiro atoms. The third-order valence-corrected chi connectivity index (χ3v) is 2.09. The van der Waals surface area contributed by atoms with Crippen molar-refractivity contribution in [2.45, 2.75) is 0 Å². The highest BCUT2D eigenvalue weighted by Gasteiger charge is 2.14. The molecule has 2 rings (SSSR count). The predicted molar refractivity (Wildman–Crippen MR) is 54.9 cm³/mol. The van der Waals surface area contributed by atoms with Crippen LogP contribution in [0.1, 0.15) is 0 Å². The Morgan fingerprint density at radius 2 is 2.27 bits per heavy atom. The summed E-state index contributed by atoms with van der Waals surface area (Å²) in [6.07, 6.45) is 1.53. The number of ether oxygens (including phenoxy) is 1. The van der Waals surface area contributed by atoms with Crippen LogP contribution in [0.2, 0.25) is 0 Å². The van der Waals surface area contributed by atoms with Crippen LogP contribution in [0.15, 0.2) is 30.5 Å². The molecule has 15 heavy (non-hydrogen) atoms. The van der Waals surface area contributed by atoms with E-state index in [2.05, 4.69) is 4.98 Å². The van der Waals surface area contributed by atoms with Crippen LogP contribution in [0.4, 0.5) is 5.69 Å². The molecule has 5 heteroatoms. The molecule has 0 saturated carbocycles. The first-order valence-corrected chi connectivity index (χ1v) is 4.29. The number of nitro groups is 1. The van der Waals surface area contributed by atoms with E-state index in [1.807, 2.05) is 0 Å². The van der Waals surface area contributed by atoms with Gasteiger partial charge >= 0.3 is 0 Å². The smallest absolute Gasteiger partial charge is 0.299 e. The van der Waals surface area contributed by atoms with Crippen molar-refractivity contribution < 1.29 is 9.66 Å². The maximum atomic E-state index is 10.8. The standard InChI is InChI=1S/C10H8N2O3/c1-15-8-5-7-3-2-4-11-10(7)9(6-8)12(13)14/h2-6H,1H3/i5+1,6+1,7+1,8+1,9+1,10+1. The van der Waals surface area contributed by atoms with E-state index in [1.54, 1.807) is 18.2 Å². The highest BCUT2D eigenvalue weighted by Crippen LogP contribution is 2.28. The van der Waals surface area contributed by atoms with Crippen LogP contribution in [-0.2, 0) is 0 Å². The van der Waals surface area contributed by atoms with Crippen LogP contribution in [0.25, 0.3) is 10.9 Å². The van der Waals surface area contributed by atoms with Crippen LogP contribution < -0.4 is 4.74 Å². The quantitative estimate of drug-likeness (QED) is 0.562. The average Bonchev–Trinajstić information content (AvgIpc) is 2.27. The lowest BCUT2D eigenvalue weighted by Crippen LogP contribution is -1.93. The van der Waals surface area contributed by atoms with Crippen LogP contribution in [0.3, 0.4) is 0 Å². The predicted octanol–water partition coefficient (Wildman–Crippen LogP) is 2.15. The van der Waals surface area contributed by atoms with Crippen LogP contribution >= 0.6 is 0 Å². The Morgan fingerprint density at radius 3 is 2.93 bits per heavy atom. The molecule has 0 aliphatic rings. The van der Waals surface area contributed by atoms with E-state index in [4.69, 9.17) is 4.74 Å². The van der Waals surface area contributed by atoms with E-state index in [0.717, 1.165) is 0 Å². The Balaban J connectivity index is 2.80. The largest absolute Gasteiger partial charge is 0.496 e. The number of hydrogen-bond acceptors (Lipinski definition) is 4. The number of pyridine rings is 1. The van der Waals surface area contributed by atoms with Gasteiger partial charge in [-0.15, -0.1) is 0 Å². The summed E-state index contributed by atoms with van der Waals surface area (Å²) in [7, 11) is 1.47. The van der Waals surface area contributed by atoms with Crippen LogP contribution in [0, 0.1) is 10.1 Å². The fourth-order valence-corrected chi connectivity index (χ4v) is 1.40. The van der Waals surface area contributed by atoms with E-state index < -0.39 is 4.92 Å². The molecule has 2 aromatic rings. The maximum absolute atomic E-state index is 10.8. The third kappa shape index (κ3) is 1.59. The molecule has 76 valence electrons. The second-order valence-electron chi connectivity index (χ2n) is 2.98. The fraction of sp³-hybridized carbons (Fsp3) is 0.100. The van der Waals surface area contributed by atoms with Gasteiger partial charge < -0.3 is 4.74 Å². The second-order valence-corrected chi connectivity index (χ2v) is 2.98. The number of fused-ring (bicyclic) bond motifs is 1. The molecule has 0 N–H and O–H groups in total. The molecular weight excluding hydrogens is 202 g/mol. The molecule has 0 radical (unpaired) electrons. The summed E-state index contributed by atoms with van der Waals surface area (Å²) in [4.78, 5) is 14.3. The Bertz CT molecular complexity index is 525. The highest BCUT2D eigenvalue weighted by atomic mass is 16.6. The number of nitrogens with zero attached hydrogens (tertiary/aromatic N) is 2. The molecule has 1 aromatic heterocycles. The summed E-state index contributed by atoms with van der Waals surface area (Å²) in [5.74, 6) is 0.460. The van der Waals surface area contributed by atoms with Gasteiger partial charge in [-0.05, 0) is 12.1 Å². The minimum absolute atomic E-state index is 0.0371. The molecule has 0 bridgehead atoms. The minimum atomic E-state index is -0.460. The molecule has 0 unspecified atom stereocenters. The van der Waals surface area contributed by atoms with Crippen molar-refractivity contribution in [2.24, 2.45) is 0 Å². The summed E-state index contributed by atoms with van der Waals surface area (Å²) < 4.78 is 4.98. The topological polar surface area (TPSA) is 65.3 Å². The lowest BCUT2D eigenvalue weighted by atomic mass is 10.7. The van der Waals surface area contributed by atoms with Gasteiger partial charge in [-0.25, -0.2) is 4.98 Å².